The summed E-state index contributed by atoms with van der Waals surface area (Å²) in [5, 5.41) is 9.55. The van der Waals surface area contributed by atoms with Crippen LogP contribution in [-0.4, -0.2) is 34.9 Å². The van der Waals surface area contributed by atoms with E-state index in [-0.39, 0.29) is 12.0 Å². The smallest absolute Gasteiger partial charge is 0.109 e. The van der Waals surface area contributed by atoms with Gasteiger partial charge in [0.25, 0.3) is 0 Å². The molecule has 1 aromatic carbocycles. The summed E-state index contributed by atoms with van der Waals surface area (Å²) >= 11 is 0. The van der Waals surface area contributed by atoms with Gasteiger partial charge in [-0.25, -0.2) is 4.98 Å². The molecule has 0 unspecified atom stereocenters. The average molecular weight is 246 g/mol. The van der Waals surface area contributed by atoms with Crippen LogP contribution in [0.5, 0.6) is 0 Å². The molecule has 2 heterocycles. The summed E-state index contributed by atoms with van der Waals surface area (Å²) in [5.41, 5.74) is 2.94. The Hall–Kier alpha value is -1.39. The number of aromatic nitrogens is 2. The van der Waals surface area contributed by atoms with Crippen LogP contribution in [0.1, 0.15) is 31.2 Å². The van der Waals surface area contributed by atoms with Crippen molar-refractivity contribution in [3.63, 3.8) is 0 Å². The molecule has 2 N–H and O–H groups in total. The summed E-state index contributed by atoms with van der Waals surface area (Å²) in [5.74, 6) is 1.39. The van der Waals surface area contributed by atoms with Crippen LogP contribution in [0.2, 0.25) is 0 Å². The second kappa shape index (κ2) is 4.07. The number of rotatable bonds is 3. The molecule has 1 fully saturated rings. The van der Waals surface area contributed by atoms with Crippen LogP contribution in [0, 0.1) is 0 Å². The zero-order chi connectivity index (χ0) is 12.8. The summed E-state index contributed by atoms with van der Waals surface area (Å²) in [7, 11) is 0. The summed E-state index contributed by atoms with van der Waals surface area (Å²) < 4.78 is 5.25. The number of imidazole rings is 1. The van der Waals surface area contributed by atoms with E-state index >= 15 is 0 Å². The summed E-state index contributed by atoms with van der Waals surface area (Å²) in [6, 6.07) is 6.15. The first-order chi connectivity index (χ1) is 8.64. The maximum absolute atomic E-state index is 9.55. The molecule has 4 heteroatoms. The summed E-state index contributed by atoms with van der Waals surface area (Å²) in [6.45, 7) is 5.56. The molecule has 1 aromatic heterocycles. The van der Waals surface area contributed by atoms with Gasteiger partial charge in [-0.3, -0.25) is 0 Å². The first-order valence-corrected chi connectivity index (χ1v) is 6.33. The van der Waals surface area contributed by atoms with Crippen molar-refractivity contribution < 1.29 is 9.84 Å². The first-order valence-electron chi connectivity index (χ1n) is 6.33. The maximum Gasteiger partial charge on any atom is 0.109 e. The van der Waals surface area contributed by atoms with E-state index in [4.69, 9.17) is 4.74 Å². The Labute approximate surface area is 106 Å². The van der Waals surface area contributed by atoms with Gasteiger partial charge in [0.05, 0.1) is 36.3 Å². The molecule has 1 aliphatic heterocycles. The average Bonchev–Trinajstić information content (AvgIpc) is 2.71. The van der Waals surface area contributed by atoms with Gasteiger partial charge in [-0.2, -0.15) is 0 Å². The van der Waals surface area contributed by atoms with Crippen LogP contribution in [0.3, 0.4) is 0 Å². The van der Waals surface area contributed by atoms with Gasteiger partial charge < -0.3 is 14.8 Å². The molecule has 1 aliphatic rings. The number of nitrogens with one attached hydrogen (secondary N) is 1. The molecular weight excluding hydrogens is 228 g/mol. The molecule has 96 valence electrons. The number of fused-ring (bicyclic) bond motifs is 1. The van der Waals surface area contributed by atoms with Crippen LogP contribution in [0.15, 0.2) is 18.2 Å². The highest BCUT2D eigenvalue weighted by Gasteiger charge is 2.39. The second-order valence-electron chi connectivity index (χ2n) is 5.44. The number of hydrogen-bond donors (Lipinski definition) is 2. The molecule has 2 aromatic rings. The highest BCUT2D eigenvalue weighted by molar-refractivity contribution is 5.76. The Kier molecular flexibility index (Phi) is 2.64. The van der Waals surface area contributed by atoms with Gasteiger partial charge in [-0.1, -0.05) is 19.9 Å². The van der Waals surface area contributed by atoms with Gasteiger partial charge in [0.2, 0.25) is 0 Å². The van der Waals surface area contributed by atoms with Gasteiger partial charge in [0, 0.05) is 5.92 Å². The lowest BCUT2D eigenvalue weighted by molar-refractivity contribution is -0.0841. The van der Waals surface area contributed by atoms with Crippen molar-refractivity contribution >= 4 is 11.0 Å². The molecule has 0 aliphatic carbocycles. The van der Waals surface area contributed by atoms with Gasteiger partial charge in [0.1, 0.15) is 5.82 Å². The van der Waals surface area contributed by atoms with E-state index in [0.717, 1.165) is 22.4 Å². The Morgan fingerprint density at radius 1 is 1.44 bits per heavy atom. The van der Waals surface area contributed by atoms with E-state index in [1.54, 1.807) is 0 Å². The lowest BCUT2D eigenvalue weighted by Crippen LogP contribution is -2.49. The van der Waals surface area contributed by atoms with Crippen molar-refractivity contribution in [1.82, 2.24) is 9.97 Å². The molecular formula is C14H18N2O2. The lowest BCUT2D eigenvalue weighted by atomic mass is 9.79. The Bertz CT molecular complexity index is 565. The second-order valence-corrected chi connectivity index (χ2v) is 5.44. The zero-order valence-electron chi connectivity index (χ0n) is 10.7. The minimum Gasteiger partial charge on any atom is -0.395 e. The highest BCUT2D eigenvalue weighted by atomic mass is 16.5. The molecule has 0 radical (unpaired) electrons. The van der Waals surface area contributed by atoms with Crippen LogP contribution < -0.4 is 0 Å². The van der Waals surface area contributed by atoms with Crippen molar-refractivity contribution in [2.45, 2.75) is 25.2 Å². The predicted molar refractivity (Wildman–Crippen MR) is 69.8 cm³/mol. The quantitative estimate of drug-likeness (QED) is 0.870. The maximum atomic E-state index is 9.55. The minimum atomic E-state index is -0.211. The number of benzene rings is 1. The third-order valence-corrected chi connectivity index (χ3v) is 3.72. The summed E-state index contributed by atoms with van der Waals surface area (Å²) in [4.78, 5) is 7.90. The van der Waals surface area contributed by atoms with Crippen molar-refractivity contribution in [2.24, 2.45) is 0 Å². The van der Waals surface area contributed by atoms with E-state index < -0.39 is 0 Å². The molecule has 0 bridgehead atoms. The number of ether oxygens (including phenoxy) is 1. The summed E-state index contributed by atoms with van der Waals surface area (Å²) in [6.07, 6.45) is 0. The number of hydrogen-bond acceptors (Lipinski definition) is 3. The van der Waals surface area contributed by atoms with Crippen molar-refractivity contribution in [3.05, 3.63) is 29.6 Å². The first kappa shape index (κ1) is 11.7. The predicted octanol–water partition coefficient (Wildman–Crippen LogP) is 1.95. The molecule has 1 saturated heterocycles. The van der Waals surface area contributed by atoms with Gasteiger partial charge in [-0.05, 0) is 17.7 Å². The third-order valence-electron chi connectivity index (χ3n) is 3.72. The zero-order valence-corrected chi connectivity index (χ0v) is 10.7. The van der Waals surface area contributed by atoms with Crippen LogP contribution in [0.4, 0.5) is 0 Å². The monoisotopic (exact) mass is 246 g/mol. The minimum absolute atomic E-state index is 0.129. The van der Waals surface area contributed by atoms with Crippen LogP contribution >= 0.6 is 0 Å². The standard InChI is InChI=1S/C14H18N2O2/c1-9(2)13-15-11-4-3-10(5-12(11)16-13)14(6-17)7-18-8-14/h3-5,9,17H,6-8H2,1-2H3,(H,15,16). The molecule has 18 heavy (non-hydrogen) atoms. The fraction of sp³-hybridized carbons (Fsp3) is 0.500. The van der Waals surface area contributed by atoms with E-state index in [2.05, 4.69) is 29.9 Å². The number of nitrogens with zero attached hydrogens (tertiary/aromatic N) is 1. The van der Waals surface area contributed by atoms with Gasteiger partial charge >= 0.3 is 0 Å². The van der Waals surface area contributed by atoms with Gasteiger partial charge in [-0.15, -0.1) is 0 Å². The normalized spacial score (nSPS) is 18.2. The number of aromatic amines is 1. The van der Waals surface area contributed by atoms with Crippen molar-refractivity contribution in [2.75, 3.05) is 19.8 Å². The van der Waals surface area contributed by atoms with E-state index in [9.17, 15) is 5.11 Å². The topological polar surface area (TPSA) is 58.1 Å². The van der Waals surface area contributed by atoms with Crippen LogP contribution in [-0.2, 0) is 10.2 Å². The largest absolute Gasteiger partial charge is 0.395 e. The number of H-pyrrole nitrogens is 1. The number of aliphatic hydroxyl groups excluding tert-OH is 1. The molecule has 0 atom stereocenters. The van der Waals surface area contributed by atoms with E-state index in [1.165, 1.54) is 0 Å². The molecule has 0 spiro atoms. The third kappa shape index (κ3) is 1.64. The molecule has 0 amide bonds. The molecule has 0 saturated carbocycles. The van der Waals surface area contributed by atoms with E-state index in [0.29, 0.717) is 19.1 Å². The Morgan fingerprint density at radius 2 is 2.22 bits per heavy atom. The van der Waals surface area contributed by atoms with E-state index in [1.807, 2.05) is 12.1 Å². The highest BCUT2D eigenvalue weighted by Crippen LogP contribution is 2.33. The molecule has 3 rings (SSSR count). The fourth-order valence-corrected chi connectivity index (χ4v) is 2.33. The SMILES string of the molecule is CC(C)c1nc2ccc(C3(CO)COC3)cc2[nH]1. The fourth-order valence-electron chi connectivity index (χ4n) is 2.33. The Balaban J connectivity index is 2.05. The number of aliphatic hydroxyl groups is 1. The Morgan fingerprint density at radius 3 is 2.78 bits per heavy atom. The van der Waals surface area contributed by atoms with Crippen LogP contribution in [0.25, 0.3) is 11.0 Å². The van der Waals surface area contributed by atoms with Crippen molar-refractivity contribution in [1.29, 1.82) is 0 Å². The van der Waals surface area contributed by atoms with Gasteiger partial charge in [0.15, 0.2) is 0 Å². The lowest BCUT2D eigenvalue weighted by Gasteiger charge is -2.40. The molecule has 4 nitrogen and oxygen atoms in total. The van der Waals surface area contributed by atoms with Crippen molar-refractivity contribution in [3.8, 4) is 0 Å².